The van der Waals surface area contributed by atoms with E-state index in [1.807, 2.05) is 0 Å². The lowest BCUT2D eigenvalue weighted by Crippen LogP contribution is -2.47. The Labute approximate surface area is 80.3 Å². The number of hydrogen-bond donors (Lipinski definition) is 3. The van der Waals surface area contributed by atoms with E-state index in [4.69, 9.17) is 5.11 Å². The minimum atomic E-state index is -0.452. The maximum absolute atomic E-state index is 11.3. The summed E-state index contributed by atoms with van der Waals surface area (Å²) < 4.78 is 0. The first-order valence-corrected chi connectivity index (χ1v) is 4.96. The normalized spacial score (nSPS) is 23.8. The molecular weight excluding hydrogens is 192 g/mol. The van der Waals surface area contributed by atoms with E-state index in [0.29, 0.717) is 5.75 Å². The molecule has 0 saturated carbocycles. The lowest BCUT2D eigenvalue weighted by Gasteiger charge is -2.14. The van der Waals surface area contributed by atoms with E-state index in [1.54, 1.807) is 6.92 Å². The molecule has 1 fully saturated rings. The predicted molar refractivity (Wildman–Crippen MR) is 49.5 cm³/mol. The average molecular weight is 204 g/mol. The van der Waals surface area contributed by atoms with Crippen molar-refractivity contribution in [1.29, 1.82) is 0 Å². The first-order valence-electron chi connectivity index (χ1n) is 3.98. The molecule has 1 aliphatic heterocycles. The molecule has 13 heavy (non-hydrogen) atoms. The minimum absolute atomic E-state index is 0.0977. The molecule has 0 bridgehead atoms. The summed E-state index contributed by atoms with van der Waals surface area (Å²) in [5, 5.41) is 13.6. The molecule has 0 spiro atoms. The summed E-state index contributed by atoms with van der Waals surface area (Å²) in [6.07, 6.45) is 0. The van der Waals surface area contributed by atoms with Gasteiger partial charge in [0.25, 0.3) is 5.24 Å². The summed E-state index contributed by atoms with van der Waals surface area (Å²) in [4.78, 5) is 22.0. The Morgan fingerprint density at radius 3 is 3.08 bits per heavy atom. The number of hydrogen-bond acceptors (Lipinski definition) is 4. The number of rotatable bonds is 3. The molecule has 1 aliphatic rings. The van der Waals surface area contributed by atoms with Crippen molar-refractivity contribution in [3.05, 3.63) is 0 Å². The second kappa shape index (κ2) is 4.48. The van der Waals surface area contributed by atoms with Crippen LogP contribution in [0.4, 0.5) is 4.79 Å². The van der Waals surface area contributed by atoms with Crippen LogP contribution in [-0.4, -0.2) is 40.7 Å². The fourth-order valence-corrected chi connectivity index (χ4v) is 1.69. The summed E-state index contributed by atoms with van der Waals surface area (Å²) >= 11 is 1.10. The third kappa shape index (κ3) is 2.89. The number of aliphatic hydroxyl groups is 1. The highest BCUT2D eigenvalue weighted by atomic mass is 32.2. The zero-order chi connectivity index (χ0) is 9.84. The molecule has 6 heteroatoms. The van der Waals surface area contributed by atoms with E-state index >= 15 is 0 Å². The standard InChI is InChI=1S/C7H12N2O3S/c1-4(2-10)8-6(11)5-3-13-7(12)9-5/h4-5,10H,2-3H2,1H3,(H,8,11)(H,9,12). The van der Waals surface area contributed by atoms with Gasteiger partial charge in [-0.25, -0.2) is 0 Å². The van der Waals surface area contributed by atoms with Crippen molar-refractivity contribution < 1.29 is 14.7 Å². The van der Waals surface area contributed by atoms with Crippen LogP contribution in [-0.2, 0) is 4.79 Å². The fourth-order valence-electron chi connectivity index (χ4n) is 0.915. The Morgan fingerprint density at radius 1 is 1.92 bits per heavy atom. The third-order valence-corrected chi connectivity index (χ3v) is 2.53. The third-order valence-electron chi connectivity index (χ3n) is 1.65. The highest BCUT2D eigenvalue weighted by Gasteiger charge is 2.28. The molecular formula is C7H12N2O3S. The molecule has 0 radical (unpaired) electrons. The second-order valence-electron chi connectivity index (χ2n) is 2.89. The lowest BCUT2D eigenvalue weighted by atomic mass is 10.3. The second-order valence-corrected chi connectivity index (χ2v) is 3.88. The molecule has 1 heterocycles. The quantitative estimate of drug-likeness (QED) is 0.568. The Kier molecular flexibility index (Phi) is 3.56. The Balaban J connectivity index is 2.35. The topological polar surface area (TPSA) is 78.4 Å². The van der Waals surface area contributed by atoms with Gasteiger partial charge in [0.05, 0.1) is 6.61 Å². The number of thioether (sulfide) groups is 1. The van der Waals surface area contributed by atoms with Gasteiger partial charge in [-0.3, -0.25) is 9.59 Å². The van der Waals surface area contributed by atoms with Crippen LogP contribution >= 0.6 is 11.8 Å². The van der Waals surface area contributed by atoms with Crippen molar-refractivity contribution in [2.75, 3.05) is 12.4 Å². The fraction of sp³-hybridized carbons (Fsp3) is 0.714. The van der Waals surface area contributed by atoms with Crippen LogP contribution in [0.15, 0.2) is 0 Å². The SMILES string of the molecule is CC(CO)NC(=O)C1CSC(=O)N1. The van der Waals surface area contributed by atoms with Crippen molar-refractivity contribution in [3.8, 4) is 0 Å². The molecule has 74 valence electrons. The van der Waals surface area contributed by atoms with E-state index in [1.165, 1.54) is 0 Å². The van der Waals surface area contributed by atoms with Crippen LogP contribution in [0.3, 0.4) is 0 Å². The van der Waals surface area contributed by atoms with E-state index in [-0.39, 0.29) is 23.8 Å². The first-order chi connectivity index (χ1) is 6.13. The van der Waals surface area contributed by atoms with E-state index in [2.05, 4.69) is 10.6 Å². The summed E-state index contributed by atoms with van der Waals surface area (Å²) in [5.74, 6) is 0.225. The molecule has 0 aromatic carbocycles. The van der Waals surface area contributed by atoms with Gasteiger partial charge >= 0.3 is 0 Å². The van der Waals surface area contributed by atoms with Gasteiger partial charge in [-0.1, -0.05) is 11.8 Å². The van der Waals surface area contributed by atoms with Crippen molar-refractivity contribution in [2.45, 2.75) is 19.0 Å². The van der Waals surface area contributed by atoms with Crippen LogP contribution in [0, 0.1) is 0 Å². The zero-order valence-corrected chi connectivity index (χ0v) is 8.06. The van der Waals surface area contributed by atoms with Gasteiger partial charge in [-0.15, -0.1) is 0 Å². The van der Waals surface area contributed by atoms with Crippen molar-refractivity contribution >= 4 is 22.9 Å². The van der Waals surface area contributed by atoms with E-state index in [0.717, 1.165) is 11.8 Å². The van der Waals surface area contributed by atoms with Crippen molar-refractivity contribution in [3.63, 3.8) is 0 Å². The van der Waals surface area contributed by atoms with Crippen LogP contribution < -0.4 is 10.6 Å². The maximum Gasteiger partial charge on any atom is 0.279 e. The number of carbonyl (C=O) groups excluding carboxylic acids is 2. The number of nitrogens with one attached hydrogen (secondary N) is 2. The highest BCUT2D eigenvalue weighted by Crippen LogP contribution is 2.12. The molecule has 0 aliphatic carbocycles. The molecule has 0 aromatic heterocycles. The number of amides is 2. The van der Waals surface area contributed by atoms with Crippen LogP contribution in [0.25, 0.3) is 0 Å². The largest absolute Gasteiger partial charge is 0.394 e. The highest BCUT2D eigenvalue weighted by molar-refractivity contribution is 8.14. The smallest absolute Gasteiger partial charge is 0.279 e. The van der Waals surface area contributed by atoms with Gasteiger partial charge in [0.1, 0.15) is 6.04 Å². The molecule has 1 saturated heterocycles. The van der Waals surface area contributed by atoms with Gasteiger partial charge in [0.15, 0.2) is 0 Å². The van der Waals surface area contributed by atoms with Gasteiger partial charge in [0, 0.05) is 11.8 Å². The van der Waals surface area contributed by atoms with E-state index in [9.17, 15) is 9.59 Å². The Hall–Kier alpha value is -0.750. The molecule has 2 atom stereocenters. The summed E-state index contributed by atoms with van der Waals surface area (Å²) in [6.45, 7) is 1.60. The lowest BCUT2D eigenvalue weighted by molar-refractivity contribution is -0.123. The van der Waals surface area contributed by atoms with Crippen molar-refractivity contribution in [1.82, 2.24) is 10.6 Å². The molecule has 5 nitrogen and oxygen atoms in total. The number of carbonyl (C=O) groups is 2. The van der Waals surface area contributed by atoms with Gasteiger partial charge in [-0.2, -0.15) is 0 Å². The molecule has 2 amide bonds. The minimum Gasteiger partial charge on any atom is -0.394 e. The summed E-state index contributed by atoms with van der Waals surface area (Å²) in [5.41, 5.74) is 0. The summed E-state index contributed by atoms with van der Waals surface area (Å²) in [7, 11) is 0. The van der Waals surface area contributed by atoms with Gasteiger partial charge in [0.2, 0.25) is 5.91 Å². The molecule has 0 aromatic rings. The van der Waals surface area contributed by atoms with Gasteiger partial charge < -0.3 is 15.7 Å². The Bertz CT molecular complexity index is 222. The number of aliphatic hydroxyl groups excluding tert-OH is 1. The first kappa shape index (κ1) is 10.3. The van der Waals surface area contributed by atoms with Crippen LogP contribution in [0.2, 0.25) is 0 Å². The zero-order valence-electron chi connectivity index (χ0n) is 7.24. The van der Waals surface area contributed by atoms with E-state index < -0.39 is 6.04 Å². The van der Waals surface area contributed by atoms with Crippen LogP contribution in [0.5, 0.6) is 0 Å². The average Bonchev–Trinajstić information content (AvgIpc) is 2.51. The van der Waals surface area contributed by atoms with Gasteiger partial charge in [-0.05, 0) is 6.92 Å². The monoisotopic (exact) mass is 204 g/mol. The Morgan fingerprint density at radius 2 is 2.62 bits per heavy atom. The van der Waals surface area contributed by atoms with Crippen LogP contribution in [0.1, 0.15) is 6.92 Å². The molecule has 3 N–H and O–H groups in total. The van der Waals surface area contributed by atoms with Crippen molar-refractivity contribution in [2.24, 2.45) is 0 Å². The molecule has 2 unspecified atom stereocenters. The predicted octanol–water partition coefficient (Wildman–Crippen LogP) is -0.692. The maximum atomic E-state index is 11.3. The molecule has 1 rings (SSSR count). The summed E-state index contributed by atoms with van der Waals surface area (Å²) in [6, 6.07) is -0.721.